The minimum absolute atomic E-state index is 0.529. The van der Waals surface area contributed by atoms with Crippen LogP contribution >= 0.6 is 0 Å². The van der Waals surface area contributed by atoms with E-state index in [0.29, 0.717) is 11.6 Å². The first kappa shape index (κ1) is 6.52. The van der Waals surface area contributed by atoms with E-state index in [1.54, 1.807) is 6.20 Å². The van der Waals surface area contributed by atoms with Gasteiger partial charge in [-0.2, -0.15) is 5.10 Å². The van der Waals surface area contributed by atoms with Gasteiger partial charge in [0, 0.05) is 5.92 Å². The largest absolute Gasteiger partial charge is 0.476 e. The highest BCUT2D eigenvalue weighted by molar-refractivity contribution is 5.46. The van der Waals surface area contributed by atoms with Crippen molar-refractivity contribution < 1.29 is 4.74 Å². The highest BCUT2D eigenvalue weighted by Crippen LogP contribution is 2.25. The lowest BCUT2D eigenvalue weighted by Crippen LogP contribution is -2.23. The molecule has 2 heterocycles. The van der Waals surface area contributed by atoms with E-state index in [9.17, 15) is 0 Å². The fraction of sp³-hybridized carbons (Fsp3) is 0.571. The molecule has 0 saturated carbocycles. The van der Waals surface area contributed by atoms with Crippen LogP contribution in [0.15, 0.2) is 6.20 Å². The van der Waals surface area contributed by atoms with Crippen molar-refractivity contribution >= 4 is 5.69 Å². The molecule has 0 aromatic carbocycles. The summed E-state index contributed by atoms with van der Waals surface area (Å²) in [6.45, 7) is 3.78. The lowest BCUT2D eigenvalue weighted by molar-refractivity contribution is 0.176. The van der Waals surface area contributed by atoms with Crippen molar-refractivity contribution in [3.05, 3.63) is 6.20 Å². The molecular formula is C7H11N3O. The van der Waals surface area contributed by atoms with Crippen LogP contribution in [0.2, 0.25) is 0 Å². The summed E-state index contributed by atoms with van der Waals surface area (Å²) >= 11 is 0. The molecule has 0 radical (unpaired) electrons. The zero-order valence-corrected chi connectivity index (χ0v) is 6.45. The second-order valence-corrected chi connectivity index (χ2v) is 3.00. The molecule has 0 spiro atoms. The first-order chi connectivity index (χ1) is 5.27. The van der Waals surface area contributed by atoms with Gasteiger partial charge in [0.05, 0.1) is 19.3 Å². The maximum Gasteiger partial charge on any atom is 0.235 e. The first-order valence-electron chi connectivity index (χ1n) is 3.71. The van der Waals surface area contributed by atoms with E-state index >= 15 is 0 Å². The van der Waals surface area contributed by atoms with Crippen molar-refractivity contribution in [2.75, 3.05) is 12.3 Å². The topological polar surface area (TPSA) is 53.1 Å². The molecule has 0 unspecified atom stereocenters. The number of hydrogen-bond donors (Lipinski definition) is 1. The monoisotopic (exact) mass is 153 g/mol. The van der Waals surface area contributed by atoms with Crippen molar-refractivity contribution in [1.82, 2.24) is 9.78 Å². The predicted molar refractivity (Wildman–Crippen MR) is 41.3 cm³/mol. The van der Waals surface area contributed by atoms with Crippen LogP contribution in [0.1, 0.15) is 6.92 Å². The summed E-state index contributed by atoms with van der Waals surface area (Å²) in [5, 5.41) is 4.07. The normalized spacial score (nSPS) is 22.5. The van der Waals surface area contributed by atoms with Gasteiger partial charge in [0.2, 0.25) is 5.88 Å². The molecule has 2 rings (SSSR count). The Balaban J connectivity index is 2.36. The number of aromatic nitrogens is 2. The zero-order chi connectivity index (χ0) is 7.84. The predicted octanol–water partition coefficient (Wildman–Crippen LogP) is 0.494. The Kier molecular flexibility index (Phi) is 1.27. The minimum Gasteiger partial charge on any atom is -0.476 e. The Bertz CT molecular complexity index is 269. The molecule has 1 atom stereocenters. The molecule has 4 heteroatoms. The summed E-state index contributed by atoms with van der Waals surface area (Å²) in [4.78, 5) is 0. The molecule has 0 amide bonds. The van der Waals surface area contributed by atoms with Gasteiger partial charge in [-0.1, -0.05) is 6.92 Å². The molecule has 1 aromatic heterocycles. The van der Waals surface area contributed by atoms with E-state index < -0.39 is 0 Å². The van der Waals surface area contributed by atoms with Gasteiger partial charge in [0.1, 0.15) is 5.69 Å². The van der Waals surface area contributed by atoms with Crippen LogP contribution in [-0.2, 0) is 6.54 Å². The second-order valence-electron chi connectivity index (χ2n) is 3.00. The molecule has 4 nitrogen and oxygen atoms in total. The van der Waals surface area contributed by atoms with E-state index in [-0.39, 0.29) is 0 Å². The minimum atomic E-state index is 0.529. The van der Waals surface area contributed by atoms with Crippen molar-refractivity contribution in [2.24, 2.45) is 5.92 Å². The SMILES string of the molecule is C[C@@H]1COc2c(N)cnn2C1. The van der Waals surface area contributed by atoms with Crippen molar-refractivity contribution in [1.29, 1.82) is 0 Å². The van der Waals surface area contributed by atoms with Crippen molar-refractivity contribution in [3.8, 4) is 5.88 Å². The molecule has 0 fully saturated rings. The number of anilines is 1. The summed E-state index contributed by atoms with van der Waals surface area (Å²) in [6.07, 6.45) is 1.63. The maximum atomic E-state index is 5.60. The summed E-state index contributed by atoms with van der Waals surface area (Å²) in [7, 11) is 0. The molecule has 60 valence electrons. The zero-order valence-electron chi connectivity index (χ0n) is 6.45. The van der Waals surface area contributed by atoms with E-state index in [2.05, 4.69) is 12.0 Å². The maximum absolute atomic E-state index is 5.60. The second kappa shape index (κ2) is 2.15. The average molecular weight is 153 g/mol. The summed E-state index contributed by atoms with van der Waals surface area (Å²) < 4.78 is 7.19. The summed E-state index contributed by atoms with van der Waals surface area (Å²) in [5.41, 5.74) is 6.23. The molecule has 0 aliphatic carbocycles. The third kappa shape index (κ3) is 0.943. The van der Waals surface area contributed by atoms with Gasteiger partial charge in [-0.25, -0.2) is 4.68 Å². The number of nitrogens with two attached hydrogens (primary N) is 1. The number of ether oxygens (including phenoxy) is 1. The van der Waals surface area contributed by atoms with Gasteiger partial charge in [-0.05, 0) is 0 Å². The smallest absolute Gasteiger partial charge is 0.235 e. The quantitative estimate of drug-likeness (QED) is 0.590. The van der Waals surface area contributed by atoms with E-state index in [0.717, 1.165) is 19.0 Å². The fourth-order valence-corrected chi connectivity index (χ4v) is 1.25. The van der Waals surface area contributed by atoms with Crippen LogP contribution in [0.4, 0.5) is 5.69 Å². The summed E-state index contributed by atoms with van der Waals surface area (Å²) in [6, 6.07) is 0. The van der Waals surface area contributed by atoms with Crippen LogP contribution in [0.3, 0.4) is 0 Å². The number of nitrogen functional groups attached to an aromatic ring is 1. The lowest BCUT2D eigenvalue weighted by atomic mass is 10.2. The number of hydrogen-bond acceptors (Lipinski definition) is 3. The average Bonchev–Trinajstić information content (AvgIpc) is 2.32. The van der Waals surface area contributed by atoms with E-state index in [1.165, 1.54) is 0 Å². The highest BCUT2D eigenvalue weighted by Gasteiger charge is 2.18. The molecule has 0 saturated heterocycles. The Morgan fingerprint density at radius 1 is 1.82 bits per heavy atom. The molecule has 0 bridgehead atoms. The lowest BCUT2D eigenvalue weighted by Gasteiger charge is -2.20. The van der Waals surface area contributed by atoms with Crippen LogP contribution in [0, 0.1) is 5.92 Å². The number of rotatable bonds is 0. The Morgan fingerprint density at radius 3 is 3.45 bits per heavy atom. The van der Waals surface area contributed by atoms with Crippen LogP contribution in [-0.4, -0.2) is 16.4 Å². The first-order valence-corrected chi connectivity index (χ1v) is 3.71. The molecular weight excluding hydrogens is 142 g/mol. The molecule has 11 heavy (non-hydrogen) atoms. The van der Waals surface area contributed by atoms with Gasteiger partial charge in [-0.15, -0.1) is 0 Å². The molecule has 1 aliphatic rings. The van der Waals surface area contributed by atoms with Crippen molar-refractivity contribution in [2.45, 2.75) is 13.5 Å². The Hall–Kier alpha value is -1.19. The van der Waals surface area contributed by atoms with Crippen LogP contribution < -0.4 is 10.5 Å². The highest BCUT2D eigenvalue weighted by atomic mass is 16.5. The standard InChI is InChI=1S/C7H11N3O/c1-5-3-10-7(11-4-5)6(8)2-9-10/h2,5H,3-4,8H2,1H3/t5-/m0/s1. The number of fused-ring (bicyclic) bond motifs is 1. The Morgan fingerprint density at radius 2 is 2.64 bits per heavy atom. The fourth-order valence-electron chi connectivity index (χ4n) is 1.25. The van der Waals surface area contributed by atoms with Gasteiger partial charge < -0.3 is 10.5 Å². The van der Waals surface area contributed by atoms with E-state index in [1.807, 2.05) is 4.68 Å². The van der Waals surface area contributed by atoms with Gasteiger partial charge in [-0.3, -0.25) is 0 Å². The van der Waals surface area contributed by atoms with E-state index in [4.69, 9.17) is 10.5 Å². The van der Waals surface area contributed by atoms with Crippen LogP contribution in [0.5, 0.6) is 5.88 Å². The van der Waals surface area contributed by atoms with Crippen LogP contribution in [0.25, 0.3) is 0 Å². The molecule has 1 aromatic rings. The molecule has 2 N–H and O–H groups in total. The van der Waals surface area contributed by atoms with Gasteiger partial charge >= 0.3 is 0 Å². The summed E-state index contributed by atoms with van der Waals surface area (Å²) in [5.74, 6) is 1.25. The number of nitrogens with zero attached hydrogens (tertiary/aromatic N) is 2. The van der Waals surface area contributed by atoms with Gasteiger partial charge in [0.25, 0.3) is 0 Å². The third-order valence-electron chi connectivity index (χ3n) is 1.81. The third-order valence-corrected chi connectivity index (χ3v) is 1.81. The molecule has 1 aliphatic heterocycles. The van der Waals surface area contributed by atoms with Gasteiger partial charge in [0.15, 0.2) is 0 Å². The van der Waals surface area contributed by atoms with Crippen molar-refractivity contribution in [3.63, 3.8) is 0 Å². The Labute approximate surface area is 64.9 Å².